The van der Waals surface area contributed by atoms with Crippen LogP contribution in [-0.2, 0) is 17.5 Å². The van der Waals surface area contributed by atoms with E-state index >= 15 is 0 Å². The zero-order chi connectivity index (χ0) is 21.6. The molecule has 0 unspecified atom stereocenters. The van der Waals surface area contributed by atoms with E-state index < -0.39 is 17.5 Å². The number of benzene rings is 1. The van der Waals surface area contributed by atoms with E-state index in [1.807, 2.05) is 6.92 Å². The SMILES string of the molecule is CCN1C[C@H](Cn2cc3ncc(-c4c(C)cc(C(F)(F)F)cc4O)nc3n2)CC1=O. The van der Waals surface area contributed by atoms with Crippen molar-refractivity contribution in [1.82, 2.24) is 24.6 Å². The fourth-order valence-corrected chi connectivity index (χ4v) is 3.87. The number of amides is 1. The Morgan fingerprint density at radius 1 is 1.30 bits per heavy atom. The molecule has 0 saturated carbocycles. The number of hydrogen-bond donors (Lipinski definition) is 1. The lowest BCUT2D eigenvalue weighted by Crippen LogP contribution is -2.25. The monoisotopic (exact) mass is 419 g/mol. The smallest absolute Gasteiger partial charge is 0.416 e. The number of aryl methyl sites for hydroxylation is 1. The van der Waals surface area contributed by atoms with Crippen LogP contribution in [0.4, 0.5) is 13.2 Å². The van der Waals surface area contributed by atoms with Crippen LogP contribution in [-0.4, -0.2) is 48.8 Å². The quantitative estimate of drug-likeness (QED) is 0.701. The average Bonchev–Trinajstić information content (AvgIpc) is 3.22. The molecule has 0 radical (unpaired) electrons. The van der Waals surface area contributed by atoms with Gasteiger partial charge in [-0.2, -0.15) is 18.3 Å². The van der Waals surface area contributed by atoms with Crippen LogP contribution < -0.4 is 0 Å². The molecular weight excluding hydrogens is 399 g/mol. The van der Waals surface area contributed by atoms with Crippen LogP contribution in [0.2, 0.25) is 0 Å². The number of alkyl halides is 3. The first kappa shape index (κ1) is 20.1. The van der Waals surface area contributed by atoms with Crippen LogP contribution in [0.1, 0.15) is 24.5 Å². The second-order valence-electron chi connectivity index (χ2n) is 7.50. The van der Waals surface area contributed by atoms with Gasteiger partial charge in [0.1, 0.15) is 11.3 Å². The van der Waals surface area contributed by atoms with Crippen molar-refractivity contribution >= 4 is 17.1 Å². The summed E-state index contributed by atoms with van der Waals surface area (Å²) in [4.78, 5) is 22.4. The van der Waals surface area contributed by atoms with E-state index in [1.165, 1.54) is 13.1 Å². The van der Waals surface area contributed by atoms with Gasteiger partial charge in [-0.15, -0.1) is 0 Å². The first-order valence-corrected chi connectivity index (χ1v) is 9.55. The van der Waals surface area contributed by atoms with Crippen LogP contribution in [0.15, 0.2) is 24.5 Å². The number of rotatable bonds is 4. The lowest BCUT2D eigenvalue weighted by Gasteiger charge is -2.13. The van der Waals surface area contributed by atoms with Crippen LogP contribution in [0.5, 0.6) is 5.75 Å². The highest BCUT2D eigenvalue weighted by molar-refractivity contribution is 5.79. The Balaban J connectivity index is 1.63. The highest BCUT2D eigenvalue weighted by atomic mass is 19.4. The first-order chi connectivity index (χ1) is 14.2. The Morgan fingerprint density at radius 3 is 2.70 bits per heavy atom. The number of aromatic hydroxyl groups is 1. The maximum atomic E-state index is 13.0. The molecule has 0 spiro atoms. The van der Waals surface area contributed by atoms with Crippen LogP contribution in [0.3, 0.4) is 0 Å². The maximum Gasteiger partial charge on any atom is 0.416 e. The number of aromatic nitrogens is 4. The van der Waals surface area contributed by atoms with Gasteiger partial charge in [-0.25, -0.2) is 9.97 Å². The van der Waals surface area contributed by atoms with Crippen molar-refractivity contribution in [1.29, 1.82) is 0 Å². The molecule has 158 valence electrons. The second kappa shape index (κ2) is 7.26. The predicted molar refractivity (Wildman–Crippen MR) is 103 cm³/mol. The highest BCUT2D eigenvalue weighted by Crippen LogP contribution is 2.38. The Hall–Kier alpha value is -3.17. The molecule has 1 amide bonds. The number of fused-ring (bicyclic) bond motifs is 1. The number of carbonyl (C=O) groups excluding carboxylic acids is 1. The molecule has 7 nitrogen and oxygen atoms in total. The van der Waals surface area contributed by atoms with E-state index in [4.69, 9.17) is 0 Å². The fourth-order valence-electron chi connectivity index (χ4n) is 3.87. The molecule has 1 fully saturated rings. The minimum Gasteiger partial charge on any atom is -0.507 e. The lowest BCUT2D eigenvalue weighted by atomic mass is 10.0. The first-order valence-electron chi connectivity index (χ1n) is 9.55. The van der Waals surface area contributed by atoms with E-state index in [2.05, 4.69) is 15.1 Å². The minimum absolute atomic E-state index is 0.131. The molecule has 1 atom stereocenters. The van der Waals surface area contributed by atoms with Crippen molar-refractivity contribution in [3.05, 3.63) is 35.7 Å². The van der Waals surface area contributed by atoms with Gasteiger partial charge in [-0.1, -0.05) is 0 Å². The second-order valence-corrected chi connectivity index (χ2v) is 7.50. The lowest BCUT2D eigenvalue weighted by molar-refractivity contribution is -0.137. The molecule has 3 heterocycles. The van der Waals surface area contributed by atoms with E-state index in [0.29, 0.717) is 43.3 Å². The van der Waals surface area contributed by atoms with E-state index in [1.54, 1.807) is 15.8 Å². The summed E-state index contributed by atoms with van der Waals surface area (Å²) in [7, 11) is 0. The molecule has 1 aliphatic rings. The summed E-state index contributed by atoms with van der Waals surface area (Å²) in [5.41, 5.74) is 0.588. The van der Waals surface area contributed by atoms with Gasteiger partial charge in [0, 0.05) is 37.5 Å². The van der Waals surface area contributed by atoms with Crippen LogP contribution >= 0.6 is 0 Å². The van der Waals surface area contributed by atoms with E-state index in [9.17, 15) is 23.1 Å². The molecule has 2 aromatic heterocycles. The number of phenolic OH excluding ortho intramolecular Hbond substituents is 1. The van der Waals surface area contributed by atoms with E-state index in [0.717, 1.165) is 6.07 Å². The summed E-state index contributed by atoms with van der Waals surface area (Å²) in [6.07, 6.45) is -0.953. The zero-order valence-electron chi connectivity index (χ0n) is 16.4. The van der Waals surface area contributed by atoms with Crippen molar-refractivity contribution in [2.45, 2.75) is 33.0 Å². The number of carbonyl (C=O) groups is 1. The average molecular weight is 419 g/mol. The van der Waals surface area contributed by atoms with Gasteiger partial charge in [0.15, 0.2) is 5.65 Å². The molecule has 30 heavy (non-hydrogen) atoms. The molecule has 1 saturated heterocycles. The number of hydrogen-bond acceptors (Lipinski definition) is 5. The van der Waals surface area contributed by atoms with Crippen LogP contribution in [0, 0.1) is 12.8 Å². The third-order valence-electron chi connectivity index (χ3n) is 5.30. The number of halogens is 3. The van der Waals surface area contributed by atoms with Gasteiger partial charge in [0.2, 0.25) is 5.91 Å². The summed E-state index contributed by atoms with van der Waals surface area (Å²) in [6, 6.07) is 1.65. The van der Waals surface area contributed by atoms with Crippen molar-refractivity contribution in [2.24, 2.45) is 5.92 Å². The van der Waals surface area contributed by atoms with Gasteiger partial charge < -0.3 is 10.0 Å². The predicted octanol–water partition coefficient (Wildman–Crippen LogP) is 3.39. The maximum absolute atomic E-state index is 13.0. The van der Waals surface area contributed by atoms with Crippen LogP contribution in [0.25, 0.3) is 22.4 Å². The Bertz CT molecular complexity index is 1100. The van der Waals surface area contributed by atoms with Gasteiger partial charge in [-0.3, -0.25) is 9.48 Å². The molecule has 10 heteroatoms. The largest absolute Gasteiger partial charge is 0.507 e. The molecule has 0 bridgehead atoms. The number of phenols is 1. The van der Waals surface area contributed by atoms with Crippen molar-refractivity contribution in [3.63, 3.8) is 0 Å². The fraction of sp³-hybridized carbons (Fsp3) is 0.400. The van der Waals surface area contributed by atoms with Gasteiger partial charge >= 0.3 is 6.18 Å². The normalized spacial score (nSPS) is 17.3. The minimum atomic E-state index is -4.55. The van der Waals surface area contributed by atoms with Gasteiger partial charge in [0.25, 0.3) is 0 Å². The summed E-state index contributed by atoms with van der Waals surface area (Å²) in [6.45, 7) is 5.32. The third-order valence-corrected chi connectivity index (χ3v) is 5.30. The third kappa shape index (κ3) is 3.69. The molecule has 1 N–H and O–H groups in total. The Morgan fingerprint density at radius 2 is 2.07 bits per heavy atom. The molecule has 1 aromatic carbocycles. The summed E-state index contributed by atoms with van der Waals surface area (Å²) in [5.74, 6) is -0.238. The highest BCUT2D eigenvalue weighted by Gasteiger charge is 2.32. The summed E-state index contributed by atoms with van der Waals surface area (Å²) >= 11 is 0. The molecule has 1 aliphatic heterocycles. The van der Waals surface area contributed by atoms with Gasteiger partial charge in [0.05, 0.1) is 23.7 Å². The number of likely N-dealkylation sites (tertiary alicyclic amines) is 1. The topological polar surface area (TPSA) is 84.1 Å². The van der Waals surface area contributed by atoms with Crippen molar-refractivity contribution < 1.29 is 23.1 Å². The summed E-state index contributed by atoms with van der Waals surface area (Å²) in [5, 5.41) is 14.6. The van der Waals surface area contributed by atoms with Crippen molar-refractivity contribution in [2.75, 3.05) is 13.1 Å². The Labute approximate surface area is 170 Å². The molecule has 3 aromatic rings. The zero-order valence-corrected chi connectivity index (χ0v) is 16.4. The van der Waals surface area contributed by atoms with E-state index in [-0.39, 0.29) is 28.6 Å². The van der Waals surface area contributed by atoms with Gasteiger partial charge in [-0.05, 0) is 31.5 Å². The molecule has 4 rings (SSSR count). The van der Waals surface area contributed by atoms with Crippen molar-refractivity contribution in [3.8, 4) is 17.0 Å². The Kier molecular flexibility index (Phi) is 4.87. The molecular formula is C20H20F3N5O2. The standard InChI is InChI=1S/C20H20F3N5O2/c1-3-27-8-12(5-17(27)30)9-28-10-15-19(26-28)25-14(7-24-15)18-11(2)4-13(6-16(18)29)20(21,22)23/h4,6-7,10,12,29H,3,5,8-9H2,1-2H3/t12-/m1/s1. The summed E-state index contributed by atoms with van der Waals surface area (Å²) < 4.78 is 40.6. The molecule has 0 aliphatic carbocycles. The number of nitrogens with zero attached hydrogens (tertiary/aromatic N) is 5.